The predicted octanol–water partition coefficient (Wildman–Crippen LogP) is 5.17. The third-order valence-electron chi connectivity index (χ3n) is 7.48. The van der Waals surface area contributed by atoms with Gasteiger partial charge >= 0.3 is 11.9 Å². The molecule has 236 valence electrons. The second kappa shape index (κ2) is 14.8. The van der Waals surface area contributed by atoms with Gasteiger partial charge in [-0.3, -0.25) is 0 Å². The Hall–Kier alpha value is -4.85. The third-order valence-corrected chi connectivity index (χ3v) is 7.74. The lowest BCUT2D eigenvalue weighted by Crippen LogP contribution is -2.44. The standard InChI is InChI=1S/C30H32ClN7O7/c1-2-3-12-23-32-27(31)25-29(39)45-26(30(40)43-17-8-4-5-9-18-44-38(41)42)24(37(23)25)20-15-13-19(14-16-20)21-10-6-7-11-22(21)28-33-35-36-34-28/h6-7,10-11,13-16,24,26H,2-5,8-9,12,17-18H2,1H3,(H,33,34,35,36)/t24-,26?/m0/s1. The number of esters is 2. The zero-order valence-corrected chi connectivity index (χ0v) is 25.3. The fraction of sp³-hybridized carbons (Fsp3) is 0.400. The number of aromatic amines is 1. The number of rotatable bonds is 15. The van der Waals surface area contributed by atoms with E-state index in [0.717, 1.165) is 29.5 Å². The van der Waals surface area contributed by atoms with Gasteiger partial charge in [0, 0.05) is 12.0 Å². The molecule has 0 bridgehead atoms. The average molecular weight is 638 g/mol. The zero-order valence-electron chi connectivity index (χ0n) is 24.6. The number of aromatic nitrogens is 6. The van der Waals surface area contributed by atoms with E-state index in [2.05, 4.69) is 30.4 Å². The van der Waals surface area contributed by atoms with E-state index >= 15 is 0 Å². The molecule has 1 aliphatic rings. The molecular formula is C30H32ClN7O7. The smallest absolute Gasteiger partial charge is 0.359 e. The number of H-pyrrole nitrogens is 1. The molecule has 0 radical (unpaired) electrons. The number of aryl methyl sites for hydroxylation is 1. The van der Waals surface area contributed by atoms with Crippen molar-refractivity contribution < 1.29 is 29.0 Å². The van der Waals surface area contributed by atoms with Crippen molar-refractivity contribution in [2.45, 2.75) is 64.0 Å². The van der Waals surface area contributed by atoms with Crippen molar-refractivity contribution in [2.75, 3.05) is 13.2 Å². The number of halogens is 1. The van der Waals surface area contributed by atoms with Crippen LogP contribution in [-0.4, -0.2) is 66.5 Å². The molecule has 14 nitrogen and oxygen atoms in total. The molecule has 45 heavy (non-hydrogen) atoms. The maximum atomic E-state index is 13.5. The van der Waals surface area contributed by atoms with Gasteiger partial charge in [0.2, 0.25) is 11.9 Å². The minimum Gasteiger partial charge on any atom is -0.463 e. The van der Waals surface area contributed by atoms with E-state index in [1.807, 2.05) is 55.5 Å². The molecule has 0 spiro atoms. The molecule has 15 heteroatoms. The minimum atomic E-state index is -1.28. The van der Waals surface area contributed by atoms with E-state index in [9.17, 15) is 19.7 Å². The van der Waals surface area contributed by atoms with Gasteiger partial charge in [0.05, 0.1) is 13.2 Å². The predicted molar refractivity (Wildman–Crippen MR) is 161 cm³/mol. The quantitative estimate of drug-likeness (QED) is 0.0787. The van der Waals surface area contributed by atoms with Gasteiger partial charge in [-0.15, -0.1) is 20.3 Å². The number of ether oxygens (including phenoxy) is 2. The number of cyclic esters (lactones) is 1. The molecule has 0 saturated heterocycles. The molecule has 1 N–H and O–H groups in total. The molecule has 5 rings (SSSR count). The third kappa shape index (κ3) is 7.28. The number of hydrogen-bond acceptors (Lipinski definition) is 11. The van der Waals surface area contributed by atoms with Crippen molar-refractivity contribution in [1.82, 2.24) is 30.2 Å². The van der Waals surface area contributed by atoms with Gasteiger partial charge in [0.15, 0.2) is 10.8 Å². The van der Waals surface area contributed by atoms with Gasteiger partial charge in [-0.1, -0.05) is 79.9 Å². The van der Waals surface area contributed by atoms with Gasteiger partial charge in [-0.25, -0.2) is 14.6 Å². The van der Waals surface area contributed by atoms with Crippen LogP contribution >= 0.6 is 11.6 Å². The summed E-state index contributed by atoms with van der Waals surface area (Å²) in [5, 5.41) is 23.9. The van der Waals surface area contributed by atoms with Gasteiger partial charge in [0.1, 0.15) is 11.9 Å². The zero-order chi connectivity index (χ0) is 31.8. The first-order valence-corrected chi connectivity index (χ1v) is 15.1. The first-order chi connectivity index (χ1) is 21.9. The Bertz CT molecular complexity index is 1630. The molecule has 2 aromatic heterocycles. The Morgan fingerprint density at radius 1 is 1.07 bits per heavy atom. The Kier molecular flexibility index (Phi) is 10.3. The van der Waals surface area contributed by atoms with Gasteiger partial charge in [-0.2, -0.15) is 5.21 Å². The summed E-state index contributed by atoms with van der Waals surface area (Å²) in [6.45, 7) is 2.17. The van der Waals surface area contributed by atoms with E-state index in [1.165, 1.54) is 0 Å². The van der Waals surface area contributed by atoms with Crippen molar-refractivity contribution in [1.29, 1.82) is 0 Å². The van der Waals surface area contributed by atoms with Crippen LogP contribution in [0.5, 0.6) is 0 Å². The number of unbranched alkanes of at least 4 members (excludes halogenated alkanes) is 4. The van der Waals surface area contributed by atoms with Crippen LogP contribution in [0.15, 0.2) is 48.5 Å². The lowest BCUT2D eigenvalue weighted by molar-refractivity contribution is -0.757. The molecule has 1 aliphatic heterocycles. The molecule has 2 aromatic carbocycles. The Labute approximate surface area is 263 Å². The van der Waals surface area contributed by atoms with Crippen LogP contribution in [-0.2, 0) is 25.5 Å². The average Bonchev–Trinajstić information content (AvgIpc) is 3.70. The number of tetrazole rings is 1. The molecule has 0 saturated carbocycles. The number of benzene rings is 2. The fourth-order valence-corrected chi connectivity index (χ4v) is 5.60. The molecule has 0 fully saturated rings. The van der Waals surface area contributed by atoms with E-state index in [0.29, 0.717) is 49.3 Å². The van der Waals surface area contributed by atoms with Gasteiger partial charge in [0.25, 0.3) is 5.09 Å². The number of fused-ring (bicyclic) bond motifs is 1. The Morgan fingerprint density at radius 2 is 1.80 bits per heavy atom. The van der Waals surface area contributed by atoms with E-state index in [-0.39, 0.29) is 24.1 Å². The second-order valence-corrected chi connectivity index (χ2v) is 10.8. The summed E-state index contributed by atoms with van der Waals surface area (Å²) in [6, 6.07) is 14.5. The molecular weight excluding hydrogens is 606 g/mol. The Balaban J connectivity index is 1.40. The molecule has 0 aliphatic carbocycles. The van der Waals surface area contributed by atoms with Crippen LogP contribution in [0.4, 0.5) is 0 Å². The summed E-state index contributed by atoms with van der Waals surface area (Å²) >= 11 is 6.45. The van der Waals surface area contributed by atoms with Crippen molar-refractivity contribution in [3.05, 3.63) is 80.9 Å². The highest BCUT2D eigenvalue weighted by Crippen LogP contribution is 2.38. The second-order valence-electron chi connectivity index (χ2n) is 10.5. The number of hydrogen-bond donors (Lipinski definition) is 1. The topological polar surface area (TPSA) is 177 Å². The van der Waals surface area contributed by atoms with Gasteiger partial charge in [-0.05, 0) is 47.6 Å². The summed E-state index contributed by atoms with van der Waals surface area (Å²) in [7, 11) is 0. The van der Waals surface area contributed by atoms with Crippen LogP contribution in [0.3, 0.4) is 0 Å². The largest absolute Gasteiger partial charge is 0.463 e. The number of imidazole rings is 1. The monoisotopic (exact) mass is 637 g/mol. The maximum Gasteiger partial charge on any atom is 0.359 e. The van der Waals surface area contributed by atoms with Crippen LogP contribution < -0.4 is 0 Å². The highest BCUT2D eigenvalue weighted by atomic mass is 35.5. The highest BCUT2D eigenvalue weighted by Gasteiger charge is 2.45. The number of carbonyl (C=O) groups excluding carboxylic acids is 2. The molecule has 2 atom stereocenters. The molecule has 0 amide bonds. The number of nitrogens with zero attached hydrogens (tertiary/aromatic N) is 6. The number of nitrogens with one attached hydrogen (secondary N) is 1. The molecule has 1 unspecified atom stereocenters. The highest BCUT2D eigenvalue weighted by molar-refractivity contribution is 6.32. The van der Waals surface area contributed by atoms with Crippen LogP contribution in [0, 0.1) is 10.1 Å². The van der Waals surface area contributed by atoms with E-state index in [1.54, 1.807) is 4.57 Å². The normalized spacial score (nSPS) is 15.7. The molecule has 4 aromatic rings. The summed E-state index contributed by atoms with van der Waals surface area (Å²) < 4.78 is 13.0. The summed E-state index contributed by atoms with van der Waals surface area (Å²) in [5.41, 5.74) is 3.36. The molecule has 3 heterocycles. The van der Waals surface area contributed by atoms with Crippen molar-refractivity contribution in [2.24, 2.45) is 0 Å². The van der Waals surface area contributed by atoms with Crippen LogP contribution in [0.2, 0.25) is 5.15 Å². The lowest BCUT2D eigenvalue weighted by atomic mass is 9.94. The van der Waals surface area contributed by atoms with E-state index in [4.69, 9.17) is 21.1 Å². The summed E-state index contributed by atoms with van der Waals surface area (Å²) in [6.07, 6.45) is 3.38. The van der Waals surface area contributed by atoms with Crippen molar-refractivity contribution in [3.8, 4) is 22.5 Å². The lowest BCUT2D eigenvalue weighted by Gasteiger charge is -2.33. The fourth-order valence-electron chi connectivity index (χ4n) is 5.33. The first kappa shape index (κ1) is 31.6. The van der Waals surface area contributed by atoms with Gasteiger partial charge < -0.3 is 18.9 Å². The Morgan fingerprint density at radius 3 is 2.49 bits per heavy atom. The van der Waals surface area contributed by atoms with Crippen LogP contribution in [0.25, 0.3) is 22.5 Å². The summed E-state index contributed by atoms with van der Waals surface area (Å²) in [4.78, 5) is 45.7. The van der Waals surface area contributed by atoms with Crippen molar-refractivity contribution in [3.63, 3.8) is 0 Å². The first-order valence-electron chi connectivity index (χ1n) is 14.7. The maximum absolute atomic E-state index is 13.5. The van der Waals surface area contributed by atoms with Crippen LogP contribution in [0.1, 0.15) is 73.4 Å². The van der Waals surface area contributed by atoms with E-state index < -0.39 is 29.2 Å². The van der Waals surface area contributed by atoms with Crippen molar-refractivity contribution >= 4 is 23.5 Å². The summed E-state index contributed by atoms with van der Waals surface area (Å²) in [5.74, 6) is -0.391. The number of carbonyl (C=O) groups is 2. The minimum absolute atomic E-state index is 0.0180. The SMILES string of the molecule is CCCCc1nc(Cl)c2n1[C@@H](c1ccc(-c3ccccc3-c3nn[nH]n3)cc1)C(C(=O)OCCCCCCO[N+](=O)[O-])OC2=O.